The molecule has 0 N–H and O–H groups in total. The van der Waals surface area contributed by atoms with Crippen molar-refractivity contribution in [2.75, 3.05) is 12.9 Å². The molecule has 1 aliphatic rings. The summed E-state index contributed by atoms with van der Waals surface area (Å²) >= 11 is 0. The molecule has 0 saturated carbocycles. The van der Waals surface area contributed by atoms with Crippen molar-refractivity contribution in [2.24, 2.45) is 0 Å². The van der Waals surface area contributed by atoms with Gasteiger partial charge in [0.25, 0.3) is 0 Å². The normalized spacial score (nSPS) is 16.1. The third kappa shape index (κ3) is 5.41. The molecule has 0 radical (unpaired) electrons. The minimum absolute atomic E-state index is 0. The van der Waals surface area contributed by atoms with Gasteiger partial charge < -0.3 is 8.92 Å². The molecule has 0 bridgehead atoms. The maximum atomic E-state index is 11.5. The van der Waals surface area contributed by atoms with Crippen LogP contribution in [0.15, 0.2) is 11.3 Å². The second kappa shape index (κ2) is 6.86. The van der Waals surface area contributed by atoms with Crippen LogP contribution in [0.5, 0.6) is 0 Å². The minimum Gasteiger partial charge on any atom is -0.463 e. The third-order valence-electron chi connectivity index (χ3n) is 2.19. The number of rotatable bonds is 4. The summed E-state index contributed by atoms with van der Waals surface area (Å²) in [6.07, 6.45) is 3.64. The van der Waals surface area contributed by atoms with Crippen LogP contribution in [0, 0.1) is 0 Å². The summed E-state index contributed by atoms with van der Waals surface area (Å²) in [6.45, 7) is 1.98. The van der Waals surface area contributed by atoms with Gasteiger partial charge in [-0.2, -0.15) is 8.42 Å². The van der Waals surface area contributed by atoms with E-state index in [-0.39, 0.29) is 24.8 Å². The molecule has 0 aromatic carbocycles. The van der Waals surface area contributed by atoms with Crippen molar-refractivity contribution in [1.29, 1.82) is 0 Å². The fraction of sp³-hybridized carbons (Fsp3) is 0.700. The predicted molar refractivity (Wildman–Crippen MR) is 65.3 cm³/mol. The van der Waals surface area contributed by atoms with Gasteiger partial charge in [0.05, 0.1) is 18.4 Å². The molecule has 0 aliphatic heterocycles. The van der Waals surface area contributed by atoms with E-state index in [1.165, 1.54) is 0 Å². The highest BCUT2D eigenvalue weighted by molar-refractivity contribution is 7.86. The number of halogens is 1. The van der Waals surface area contributed by atoms with Crippen molar-refractivity contribution in [3.05, 3.63) is 11.3 Å². The molecule has 100 valence electrons. The van der Waals surface area contributed by atoms with Gasteiger partial charge in [-0.3, -0.25) is 0 Å². The Hall–Kier alpha value is -0.750. The molecule has 0 atom stereocenters. The lowest BCUT2D eigenvalue weighted by Gasteiger charge is -2.18. The summed E-state index contributed by atoms with van der Waals surface area (Å²) < 4.78 is 31.7. The number of esters is 1. The average Bonchev–Trinajstić information content (AvgIpc) is 2.16. The Morgan fingerprint density at radius 2 is 1.88 bits per heavy atom. The van der Waals surface area contributed by atoms with E-state index < -0.39 is 16.1 Å². The SMILES string of the molecule is CCOC(=O)C1=C(OS(C)(=O)=O)CCCC1.Cl. The Bertz CT molecular complexity index is 399. The summed E-state index contributed by atoms with van der Waals surface area (Å²) in [4.78, 5) is 11.5. The molecule has 0 heterocycles. The van der Waals surface area contributed by atoms with Crippen LogP contribution in [-0.2, 0) is 23.8 Å². The molecule has 0 fully saturated rings. The van der Waals surface area contributed by atoms with E-state index in [1.807, 2.05) is 0 Å². The van der Waals surface area contributed by atoms with E-state index in [9.17, 15) is 13.2 Å². The van der Waals surface area contributed by atoms with E-state index in [2.05, 4.69) is 0 Å². The quantitative estimate of drug-likeness (QED) is 0.581. The number of carbonyl (C=O) groups is 1. The minimum atomic E-state index is -3.57. The van der Waals surface area contributed by atoms with Gasteiger partial charge in [-0.25, -0.2) is 4.79 Å². The topological polar surface area (TPSA) is 69.7 Å². The van der Waals surface area contributed by atoms with Crippen molar-refractivity contribution in [1.82, 2.24) is 0 Å². The predicted octanol–water partition coefficient (Wildman–Crippen LogP) is 1.78. The van der Waals surface area contributed by atoms with Crippen LogP contribution in [0.2, 0.25) is 0 Å². The first-order chi connectivity index (χ1) is 7.44. The van der Waals surface area contributed by atoms with Gasteiger partial charge in [0.2, 0.25) is 0 Å². The molecule has 0 amide bonds. The van der Waals surface area contributed by atoms with E-state index in [0.717, 1.165) is 19.1 Å². The molecule has 0 spiro atoms. The number of hydrogen-bond acceptors (Lipinski definition) is 5. The van der Waals surface area contributed by atoms with Crippen molar-refractivity contribution >= 4 is 28.5 Å². The van der Waals surface area contributed by atoms with Crippen molar-refractivity contribution in [2.45, 2.75) is 32.6 Å². The lowest BCUT2D eigenvalue weighted by atomic mass is 9.98. The monoisotopic (exact) mass is 284 g/mol. The number of allylic oxidation sites excluding steroid dienone is 1. The van der Waals surface area contributed by atoms with Gasteiger partial charge >= 0.3 is 16.1 Å². The molecule has 0 aromatic rings. The first-order valence-electron chi connectivity index (χ1n) is 5.22. The Morgan fingerprint density at radius 1 is 1.29 bits per heavy atom. The van der Waals surface area contributed by atoms with Crippen LogP contribution in [0.3, 0.4) is 0 Å². The second-order valence-corrected chi connectivity index (χ2v) is 5.19. The van der Waals surface area contributed by atoms with E-state index in [4.69, 9.17) is 8.92 Å². The summed E-state index contributed by atoms with van der Waals surface area (Å²) in [6, 6.07) is 0. The summed E-state index contributed by atoms with van der Waals surface area (Å²) in [5, 5.41) is 0. The maximum absolute atomic E-state index is 11.5. The van der Waals surface area contributed by atoms with Gasteiger partial charge in [-0.1, -0.05) is 0 Å². The van der Waals surface area contributed by atoms with Gasteiger partial charge in [0.1, 0.15) is 5.76 Å². The van der Waals surface area contributed by atoms with Crippen LogP contribution in [-0.4, -0.2) is 27.2 Å². The second-order valence-electron chi connectivity index (χ2n) is 3.62. The van der Waals surface area contributed by atoms with Crippen LogP contribution in [0.1, 0.15) is 32.6 Å². The van der Waals surface area contributed by atoms with Gasteiger partial charge in [0.15, 0.2) is 0 Å². The van der Waals surface area contributed by atoms with E-state index in [1.54, 1.807) is 6.92 Å². The van der Waals surface area contributed by atoms with Crippen LogP contribution in [0.4, 0.5) is 0 Å². The van der Waals surface area contributed by atoms with Gasteiger partial charge in [0, 0.05) is 6.42 Å². The molecule has 0 saturated heterocycles. The zero-order valence-corrected chi connectivity index (χ0v) is 11.5. The third-order valence-corrected chi connectivity index (χ3v) is 2.69. The Balaban J connectivity index is 0.00000256. The van der Waals surface area contributed by atoms with Gasteiger partial charge in [-0.05, 0) is 26.2 Å². The zero-order valence-electron chi connectivity index (χ0n) is 9.89. The van der Waals surface area contributed by atoms with E-state index >= 15 is 0 Å². The van der Waals surface area contributed by atoms with Crippen molar-refractivity contribution in [3.63, 3.8) is 0 Å². The zero-order chi connectivity index (χ0) is 12.2. The van der Waals surface area contributed by atoms with Crippen LogP contribution >= 0.6 is 12.4 Å². The highest BCUT2D eigenvalue weighted by atomic mass is 35.5. The molecule has 0 aromatic heterocycles. The lowest BCUT2D eigenvalue weighted by molar-refractivity contribution is -0.139. The maximum Gasteiger partial charge on any atom is 0.337 e. The highest BCUT2D eigenvalue weighted by Crippen LogP contribution is 2.27. The van der Waals surface area contributed by atoms with Crippen LogP contribution < -0.4 is 0 Å². The summed E-state index contributed by atoms with van der Waals surface area (Å²) in [5.41, 5.74) is 0.360. The molecule has 7 heteroatoms. The molecule has 0 unspecified atom stereocenters. The largest absolute Gasteiger partial charge is 0.463 e. The number of ether oxygens (including phenoxy) is 1. The van der Waals surface area contributed by atoms with Crippen molar-refractivity contribution < 1.29 is 22.1 Å². The average molecular weight is 285 g/mol. The fourth-order valence-electron chi connectivity index (χ4n) is 1.59. The Labute approximate surface area is 108 Å². The number of carbonyl (C=O) groups excluding carboxylic acids is 1. The first kappa shape index (κ1) is 16.2. The molecular weight excluding hydrogens is 268 g/mol. The summed E-state index contributed by atoms with van der Waals surface area (Å²) in [5.74, 6) is -0.229. The molecular formula is C10H17ClO5S. The standard InChI is InChI=1S/C10H16O5S.ClH/c1-3-14-10(11)8-6-4-5-7-9(8)15-16(2,12)13;/h3-7H2,1-2H3;1H. The molecule has 5 nitrogen and oxygen atoms in total. The Kier molecular flexibility index (Phi) is 6.56. The summed E-state index contributed by atoms with van der Waals surface area (Å²) in [7, 11) is -3.57. The Morgan fingerprint density at radius 3 is 2.41 bits per heavy atom. The highest BCUT2D eigenvalue weighted by Gasteiger charge is 2.23. The fourth-order valence-corrected chi connectivity index (χ4v) is 2.14. The van der Waals surface area contributed by atoms with Gasteiger partial charge in [-0.15, -0.1) is 12.4 Å². The molecule has 1 aliphatic carbocycles. The van der Waals surface area contributed by atoms with E-state index in [0.29, 0.717) is 18.4 Å². The first-order valence-corrected chi connectivity index (χ1v) is 7.04. The smallest absolute Gasteiger partial charge is 0.337 e. The van der Waals surface area contributed by atoms with Crippen LogP contribution in [0.25, 0.3) is 0 Å². The number of hydrogen-bond donors (Lipinski definition) is 0. The lowest BCUT2D eigenvalue weighted by Crippen LogP contribution is -2.16. The molecule has 17 heavy (non-hydrogen) atoms. The van der Waals surface area contributed by atoms with Crippen molar-refractivity contribution in [3.8, 4) is 0 Å². The molecule has 1 rings (SSSR count).